The van der Waals surface area contributed by atoms with Gasteiger partial charge in [0.1, 0.15) is 12.0 Å². The first kappa shape index (κ1) is 13.0. The van der Waals surface area contributed by atoms with Crippen LogP contribution in [-0.2, 0) is 16.6 Å². The lowest BCUT2D eigenvalue weighted by Crippen LogP contribution is -2.12. The van der Waals surface area contributed by atoms with Crippen molar-refractivity contribution in [2.45, 2.75) is 39.0 Å². The molecule has 88 valence electrons. The van der Waals surface area contributed by atoms with Crippen molar-refractivity contribution in [2.24, 2.45) is 0 Å². The van der Waals surface area contributed by atoms with E-state index in [1.807, 2.05) is 20.8 Å². The molecule has 3 heteroatoms. The molecule has 0 unspecified atom stereocenters. The third-order valence-electron chi connectivity index (χ3n) is 2.49. The molecule has 2 nitrogen and oxygen atoms in total. The molecule has 1 aromatic carbocycles. The minimum atomic E-state index is -0.162. The highest BCUT2D eigenvalue weighted by Gasteiger charge is 2.20. The number of phenols is 1. The van der Waals surface area contributed by atoms with Crippen molar-refractivity contribution < 1.29 is 9.90 Å². The number of aryl methyl sites for hydroxylation is 1. The van der Waals surface area contributed by atoms with E-state index in [9.17, 15) is 9.90 Å². The van der Waals surface area contributed by atoms with E-state index >= 15 is 0 Å². The molecule has 0 amide bonds. The first-order valence-corrected chi connectivity index (χ1v) is 5.69. The Morgan fingerprint density at radius 2 is 2.00 bits per heavy atom. The Bertz CT molecular complexity index is 392. The summed E-state index contributed by atoms with van der Waals surface area (Å²) in [5, 5.41) is 10.7. The van der Waals surface area contributed by atoms with Crippen molar-refractivity contribution in [3.63, 3.8) is 0 Å². The zero-order valence-electron chi connectivity index (χ0n) is 9.88. The van der Waals surface area contributed by atoms with Gasteiger partial charge in [-0.25, -0.2) is 0 Å². The van der Waals surface area contributed by atoms with Crippen LogP contribution in [0.1, 0.15) is 38.3 Å². The minimum Gasteiger partial charge on any atom is -0.507 e. The summed E-state index contributed by atoms with van der Waals surface area (Å²) in [6.07, 6.45) is 1.77. The van der Waals surface area contributed by atoms with Crippen LogP contribution < -0.4 is 0 Å². The second kappa shape index (κ2) is 4.88. The molecule has 0 aliphatic carbocycles. The molecule has 0 fully saturated rings. The zero-order valence-corrected chi connectivity index (χ0v) is 10.6. The van der Waals surface area contributed by atoms with E-state index in [0.717, 1.165) is 17.4 Å². The van der Waals surface area contributed by atoms with Gasteiger partial charge in [0.2, 0.25) is 0 Å². The summed E-state index contributed by atoms with van der Waals surface area (Å²) >= 11 is 6.01. The van der Waals surface area contributed by atoms with Crippen molar-refractivity contribution in [1.82, 2.24) is 0 Å². The second-order valence-electron chi connectivity index (χ2n) is 4.92. The quantitative estimate of drug-likeness (QED) is 0.822. The van der Waals surface area contributed by atoms with Crippen molar-refractivity contribution in [1.29, 1.82) is 0 Å². The van der Waals surface area contributed by atoms with Gasteiger partial charge in [0.25, 0.3) is 0 Å². The third-order valence-corrected chi connectivity index (χ3v) is 2.71. The lowest BCUT2D eigenvalue weighted by molar-refractivity contribution is -0.107. The van der Waals surface area contributed by atoms with Crippen LogP contribution in [0.3, 0.4) is 0 Å². The predicted molar refractivity (Wildman–Crippen MR) is 66.2 cm³/mol. The summed E-state index contributed by atoms with van der Waals surface area (Å²) in [6.45, 7) is 6.05. The zero-order chi connectivity index (χ0) is 12.3. The lowest BCUT2D eigenvalue weighted by Gasteiger charge is -2.22. The van der Waals surface area contributed by atoms with Crippen LogP contribution in [0.2, 0.25) is 5.02 Å². The van der Waals surface area contributed by atoms with Crippen LogP contribution in [0, 0.1) is 0 Å². The van der Waals surface area contributed by atoms with Gasteiger partial charge in [-0.1, -0.05) is 32.4 Å². The molecule has 0 bridgehead atoms. The average Bonchev–Trinajstić information content (AvgIpc) is 2.17. The first-order chi connectivity index (χ1) is 7.36. The van der Waals surface area contributed by atoms with Gasteiger partial charge in [0.15, 0.2) is 0 Å². The Labute approximate surface area is 101 Å². The normalized spacial score (nSPS) is 11.5. The van der Waals surface area contributed by atoms with Gasteiger partial charge in [-0.3, -0.25) is 0 Å². The van der Waals surface area contributed by atoms with Gasteiger partial charge < -0.3 is 9.90 Å². The van der Waals surface area contributed by atoms with E-state index in [1.165, 1.54) is 0 Å². The van der Waals surface area contributed by atoms with Gasteiger partial charge in [-0.05, 0) is 29.5 Å². The Hall–Kier alpha value is -1.02. The topological polar surface area (TPSA) is 37.3 Å². The van der Waals surface area contributed by atoms with Crippen LogP contribution in [0.4, 0.5) is 0 Å². The summed E-state index contributed by atoms with van der Waals surface area (Å²) in [4.78, 5) is 10.3. The second-order valence-corrected chi connectivity index (χ2v) is 5.35. The summed E-state index contributed by atoms with van der Waals surface area (Å²) < 4.78 is 0. The largest absolute Gasteiger partial charge is 0.507 e. The van der Waals surface area contributed by atoms with Crippen molar-refractivity contribution in [3.8, 4) is 5.75 Å². The molecule has 0 aliphatic heterocycles. The monoisotopic (exact) mass is 240 g/mol. The van der Waals surface area contributed by atoms with Crippen molar-refractivity contribution in [2.75, 3.05) is 0 Å². The van der Waals surface area contributed by atoms with E-state index in [1.54, 1.807) is 12.1 Å². The smallest absolute Gasteiger partial charge is 0.122 e. The third kappa shape index (κ3) is 2.99. The molecule has 0 saturated carbocycles. The van der Waals surface area contributed by atoms with Gasteiger partial charge in [0.05, 0.1) is 0 Å². The lowest BCUT2D eigenvalue weighted by atomic mass is 9.85. The molecule has 0 saturated heterocycles. The molecule has 1 N–H and O–H groups in total. The van der Waals surface area contributed by atoms with E-state index < -0.39 is 0 Å². The standard InChI is InChI=1S/C13H17ClO2/c1-13(2,3)11-8-10(14)7-9(12(11)16)5-4-6-15/h6-8,16H,4-5H2,1-3H3. The van der Waals surface area contributed by atoms with Gasteiger partial charge in [-0.15, -0.1) is 0 Å². The molecule has 16 heavy (non-hydrogen) atoms. The SMILES string of the molecule is CC(C)(C)c1cc(Cl)cc(CCC=O)c1O. The van der Waals surface area contributed by atoms with E-state index in [2.05, 4.69) is 0 Å². The molecule has 0 radical (unpaired) electrons. The van der Waals surface area contributed by atoms with E-state index in [0.29, 0.717) is 17.9 Å². The minimum absolute atomic E-state index is 0.162. The Morgan fingerprint density at radius 1 is 1.38 bits per heavy atom. The summed E-state index contributed by atoms with van der Waals surface area (Å²) in [7, 11) is 0. The molecule has 0 aromatic heterocycles. The maximum atomic E-state index is 10.3. The Morgan fingerprint density at radius 3 is 2.50 bits per heavy atom. The maximum absolute atomic E-state index is 10.3. The summed E-state index contributed by atoms with van der Waals surface area (Å²) in [5.74, 6) is 0.263. The Balaban J connectivity index is 3.21. The highest BCUT2D eigenvalue weighted by molar-refractivity contribution is 6.30. The van der Waals surface area contributed by atoms with E-state index in [-0.39, 0.29) is 11.2 Å². The first-order valence-electron chi connectivity index (χ1n) is 5.31. The highest BCUT2D eigenvalue weighted by atomic mass is 35.5. The molecular formula is C13H17ClO2. The Kier molecular flexibility index (Phi) is 3.98. The van der Waals surface area contributed by atoms with Gasteiger partial charge in [-0.2, -0.15) is 0 Å². The number of phenolic OH excluding ortho intramolecular Hbond substituents is 1. The summed E-state index contributed by atoms with van der Waals surface area (Å²) in [5.41, 5.74) is 1.40. The molecule has 0 atom stereocenters. The fourth-order valence-electron chi connectivity index (χ4n) is 1.63. The van der Waals surface area contributed by atoms with Crippen LogP contribution in [0.25, 0.3) is 0 Å². The van der Waals surface area contributed by atoms with Crippen molar-refractivity contribution in [3.05, 3.63) is 28.3 Å². The molecule has 0 spiro atoms. The van der Waals surface area contributed by atoms with Crippen LogP contribution >= 0.6 is 11.6 Å². The number of benzene rings is 1. The fourth-order valence-corrected chi connectivity index (χ4v) is 1.87. The molecule has 0 aliphatic rings. The predicted octanol–water partition coefficient (Wildman–Crippen LogP) is 3.47. The number of halogens is 1. The molecule has 1 aromatic rings. The number of carbonyl (C=O) groups is 1. The number of carbonyl (C=O) groups excluding carboxylic acids is 1. The number of hydrogen-bond donors (Lipinski definition) is 1. The number of aromatic hydroxyl groups is 1. The van der Waals surface area contributed by atoms with Gasteiger partial charge >= 0.3 is 0 Å². The number of aldehydes is 1. The highest BCUT2D eigenvalue weighted by Crippen LogP contribution is 2.36. The summed E-state index contributed by atoms with van der Waals surface area (Å²) in [6, 6.07) is 3.50. The van der Waals surface area contributed by atoms with Crippen molar-refractivity contribution >= 4 is 17.9 Å². The number of hydrogen-bond acceptors (Lipinski definition) is 2. The average molecular weight is 241 g/mol. The fraction of sp³-hybridized carbons (Fsp3) is 0.462. The van der Waals surface area contributed by atoms with Gasteiger partial charge in [0, 0.05) is 17.0 Å². The van der Waals surface area contributed by atoms with E-state index in [4.69, 9.17) is 11.6 Å². The van der Waals surface area contributed by atoms with Crippen LogP contribution in [0.5, 0.6) is 5.75 Å². The maximum Gasteiger partial charge on any atom is 0.122 e. The van der Waals surface area contributed by atoms with Crippen LogP contribution in [0.15, 0.2) is 12.1 Å². The van der Waals surface area contributed by atoms with Crippen LogP contribution in [-0.4, -0.2) is 11.4 Å². The molecular weight excluding hydrogens is 224 g/mol. The molecule has 0 heterocycles. The molecule has 1 rings (SSSR count). The number of rotatable bonds is 3.